The number of ether oxygens (including phenoxy) is 4. The first-order valence-corrected chi connectivity index (χ1v) is 8.54. The van der Waals surface area contributed by atoms with E-state index in [0.717, 1.165) is 5.56 Å². The fraction of sp³-hybridized carbons (Fsp3) is 0.350. The monoisotopic (exact) mass is 359 g/mol. The summed E-state index contributed by atoms with van der Waals surface area (Å²) in [7, 11) is 1.57. The summed E-state index contributed by atoms with van der Waals surface area (Å²) in [6, 6.07) is 10.8. The molecule has 0 saturated carbocycles. The van der Waals surface area contributed by atoms with Gasteiger partial charge in [0.15, 0.2) is 29.6 Å². The van der Waals surface area contributed by atoms with Gasteiger partial charge in [0.2, 0.25) is 0 Å². The van der Waals surface area contributed by atoms with Gasteiger partial charge >= 0.3 is 0 Å². The van der Waals surface area contributed by atoms with Crippen molar-refractivity contribution < 1.29 is 23.7 Å². The number of anilines is 1. The minimum atomic E-state index is -0.278. The Balaban J connectivity index is 2.00. The fourth-order valence-corrected chi connectivity index (χ4v) is 2.36. The summed E-state index contributed by atoms with van der Waals surface area (Å²) in [5, 5.41) is 2.79. The summed E-state index contributed by atoms with van der Waals surface area (Å²) >= 11 is 0. The van der Waals surface area contributed by atoms with Crippen LogP contribution in [0.15, 0.2) is 36.4 Å². The lowest BCUT2D eigenvalue weighted by Gasteiger charge is -2.14. The van der Waals surface area contributed by atoms with E-state index in [1.807, 2.05) is 32.9 Å². The highest BCUT2D eigenvalue weighted by atomic mass is 16.5. The number of hydrogen-bond donors (Lipinski definition) is 1. The van der Waals surface area contributed by atoms with Crippen LogP contribution in [0.3, 0.4) is 0 Å². The second kappa shape index (κ2) is 9.56. The number of nitrogens with one attached hydrogen (secondary N) is 1. The fourth-order valence-electron chi connectivity index (χ4n) is 2.36. The normalized spacial score (nSPS) is 10.2. The Bertz CT molecular complexity index is 745. The smallest absolute Gasteiger partial charge is 0.262 e. The molecule has 2 aromatic rings. The summed E-state index contributed by atoms with van der Waals surface area (Å²) in [6.07, 6.45) is 0. The van der Waals surface area contributed by atoms with Crippen molar-refractivity contribution in [3.8, 4) is 23.0 Å². The van der Waals surface area contributed by atoms with Gasteiger partial charge in [0.05, 0.1) is 20.3 Å². The number of aryl methyl sites for hydroxylation is 1. The van der Waals surface area contributed by atoms with Crippen LogP contribution in [0.1, 0.15) is 19.4 Å². The number of carbonyl (C=O) groups excluding carboxylic acids is 1. The zero-order valence-electron chi connectivity index (χ0n) is 15.6. The minimum absolute atomic E-state index is 0.128. The first kappa shape index (κ1) is 19.4. The van der Waals surface area contributed by atoms with Crippen LogP contribution in [-0.4, -0.2) is 32.8 Å². The molecule has 0 unspecified atom stereocenters. The van der Waals surface area contributed by atoms with Crippen molar-refractivity contribution in [3.05, 3.63) is 42.0 Å². The van der Waals surface area contributed by atoms with E-state index in [9.17, 15) is 4.79 Å². The standard InChI is InChI=1S/C20H25NO5/c1-5-24-17-10-8-15(12-19(17)25-6-2)21-20(22)13-26-16-9-7-14(3)11-18(16)23-4/h7-12H,5-6,13H2,1-4H3,(H,21,22). The summed E-state index contributed by atoms with van der Waals surface area (Å²) < 4.78 is 21.9. The van der Waals surface area contributed by atoms with Gasteiger partial charge in [-0.25, -0.2) is 0 Å². The molecular formula is C20H25NO5. The zero-order chi connectivity index (χ0) is 18.9. The SMILES string of the molecule is CCOc1ccc(NC(=O)COc2ccc(C)cc2OC)cc1OCC. The molecule has 0 aromatic heterocycles. The number of hydrogen-bond acceptors (Lipinski definition) is 5. The average molecular weight is 359 g/mol. The molecule has 0 aliphatic heterocycles. The van der Waals surface area contributed by atoms with Crippen LogP contribution in [0.2, 0.25) is 0 Å². The quantitative estimate of drug-likeness (QED) is 0.737. The second-order valence-electron chi connectivity index (χ2n) is 5.52. The highest BCUT2D eigenvalue weighted by molar-refractivity contribution is 5.92. The van der Waals surface area contributed by atoms with Gasteiger partial charge in [-0.15, -0.1) is 0 Å². The van der Waals surface area contributed by atoms with Crippen molar-refractivity contribution in [1.82, 2.24) is 0 Å². The van der Waals surface area contributed by atoms with Gasteiger partial charge in [-0.1, -0.05) is 6.07 Å². The summed E-state index contributed by atoms with van der Waals surface area (Å²) in [4.78, 5) is 12.2. The van der Waals surface area contributed by atoms with Gasteiger partial charge in [0.25, 0.3) is 5.91 Å². The van der Waals surface area contributed by atoms with Gasteiger partial charge in [-0.05, 0) is 50.6 Å². The zero-order valence-corrected chi connectivity index (χ0v) is 15.6. The maximum Gasteiger partial charge on any atom is 0.262 e. The third-order valence-corrected chi connectivity index (χ3v) is 3.51. The largest absolute Gasteiger partial charge is 0.493 e. The van der Waals surface area contributed by atoms with Gasteiger partial charge in [0.1, 0.15) is 0 Å². The van der Waals surface area contributed by atoms with Crippen LogP contribution in [0, 0.1) is 6.92 Å². The average Bonchev–Trinajstić information content (AvgIpc) is 2.63. The van der Waals surface area contributed by atoms with Crippen LogP contribution in [0.5, 0.6) is 23.0 Å². The third kappa shape index (κ3) is 5.31. The van der Waals surface area contributed by atoms with Gasteiger partial charge in [-0.3, -0.25) is 4.79 Å². The van der Waals surface area contributed by atoms with Crippen LogP contribution >= 0.6 is 0 Å². The highest BCUT2D eigenvalue weighted by Gasteiger charge is 2.11. The maximum absolute atomic E-state index is 12.2. The van der Waals surface area contributed by atoms with E-state index in [1.54, 1.807) is 31.4 Å². The lowest BCUT2D eigenvalue weighted by Crippen LogP contribution is -2.20. The Labute approximate surface area is 154 Å². The van der Waals surface area contributed by atoms with Gasteiger partial charge < -0.3 is 24.3 Å². The Morgan fingerprint density at radius 1 is 0.885 bits per heavy atom. The molecule has 140 valence electrons. The maximum atomic E-state index is 12.2. The predicted molar refractivity (Wildman–Crippen MR) is 101 cm³/mol. The highest BCUT2D eigenvalue weighted by Crippen LogP contribution is 2.31. The Hall–Kier alpha value is -2.89. The molecule has 0 fully saturated rings. The molecule has 2 aromatic carbocycles. The molecule has 0 radical (unpaired) electrons. The van der Waals surface area contributed by atoms with E-state index in [-0.39, 0.29) is 12.5 Å². The molecule has 0 aliphatic carbocycles. The number of carbonyl (C=O) groups is 1. The number of rotatable bonds is 9. The van der Waals surface area contributed by atoms with Crippen molar-refractivity contribution >= 4 is 11.6 Å². The van der Waals surface area contributed by atoms with Crippen LogP contribution in [-0.2, 0) is 4.79 Å². The first-order chi connectivity index (χ1) is 12.6. The van der Waals surface area contributed by atoms with Crippen LogP contribution < -0.4 is 24.3 Å². The molecule has 0 heterocycles. The minimum Gasteiger partial charge on any atom is -0.493 e. The van der Waals surface area contributed by atoms with E-state index in [0.29, 0.717) is 41.9 Å². The second-order valence-corrected chi connectivity index (χ2v) is 5.52. The van der Waals surface area contributed by atoms with E-state index in [4.69, 9.17) is 18.9 Å². The molecule has 1 N–H and O–H groups in total. The van der Waals surface area contributed by atoms with Crippen molar-refractivity contribution in [2.24, 2.45) is 0 Å². The molecule has 0 saturated heterocycles. The first-order valence-electron chi connectivity index (χ1n) is 8.54. The van der Waals surface area contributed by atoms with E-state index >= 15 is 0 Å². The number of benzene rings is 2. The molecule has 0 atom stereocenters. The lowest BCUT2D eigenvalue weighted by molar-refractivity contribution is -0.118. The molecular weight excluding hydrogens is 334 g/mol. The molecule has 0 bridgehead atoms. The van der Waals surface area contributed by atoms with Crippen LogP contribution in [0.25, 0.3) is 0 Å². The topological polar surface area (TPSA) is 66.0 Å². The summed E-state index contributed by atoms with van der Waals surface area (Å²) in [5.74, 6) is 2.08. The van der Waals surface area contributed by atoms with Gasteiger partial charge in [0, 0.05) is 11.8 Å². The van der Waals surface area contributed by atoms with E-state index in [1.165, 1.54) is 0 Å². The Morgan fingerprint density at radius 3 is 2.23 bits per heavy atom. The lowest BCUT2D eigenvalue weighted by atomic mass is 10.2. The van der Waals surface area contributed by atoms with Crippen molar-refractivity contribution in [3.63, 3.8) is 0 Å². The van der Waals surface area contributed by atoms with Crippen LogP contribution in [0.4, 0.5) is 5.69 Å². The Morgan fingerprint density at radius 2 is 1.54 bits per heavy atom. The Kier molecular flexibility index (Phi) is 7.14. The van der Waals surface area contributed by atoms with Gasteiger partial charge in [-0.2, -0.15) is 0 Å². The number of methoxy groups -OCH3 is 1. The molecule has 0 aliphatic rings. The molecule has 6 nitrogen and oxygen atoms in total. The van der Waals surface area contributed by atoms with Crippen molar-refractivity contribution in [1.29, 1.82) is 0 Å². The molecule has 1 amide bonds. The van der Waals surface area contributed by atoms with E-state index < -0.39 is 0 Å². The molecule has 26 heavy (non-hydrogen) atoms. The van der Waals surface area contributed by atoms with Crippen molar-refractivity contribution in [2.75, 3.05) is 32.2 Å². The summed E-state index contributed by atoms with van der Waals surface area (Å²) in [5.41, 5.74) is 1.66. The third-order valence-electron chi connectivity index (χ3n) is 3.51. The van der Waals surface area contributed by atoms with E-state index in [2.05, 4.69) is 5.32 Å². The molecule has 2 rings (SSSR count). The predicted octanol–water partition coefficient (Wildman–Crippen LogP) is 3.82. The molecule has 6 heteroatoms. The molecule has 0 spiro atoms. The van der Waals surface area contributed by atoms with Crippen molar-refractivity contribution in [2.45, 2.75) is 20.8 Å². The summed E-state index contributed by atoms with van der Waals surface area (Å²) in [6.45, 7) is 6.68. The number of amides is 1.